The van der Waals surface area contributed by atoms with Gasteiger partial charge >= 0.3 is 12.0 Å². The van der Waals surface area contributed by atoms with Gasteiger partial charge < -0.3 is 20.5 Å². The number of ether oxygens (including phenoxy) is 1. The highest BCUT2D eigenvalue weighted by Gasteiger charge is 2.18. The van der Waals surface area contributed by atoms with Gasteiger partial charge in [0.05, 0.1) is 23.9 Å². The monoisotopic (exact) mass is 298 g/mol. The molecule has 0 fully saturated rings. The summed E-state index contributed by atoms with van der Waals surface area (Å²) in [5, 5.41) is 14.1. The number of carbonyl (C=O) groups excluding carboxylic acids is 1. The Labute approximate surface area is 122 Å². The van der Waals surface area contributed by atoms with Crippen LogP contribution in [-0.2, 0) is 4.74 Å². The average Bonchev–Trinajstić information content (AvgIpc) is 2.40. The Morgan fingerprint density at radius 2 is 2.05 bits per heavy atom. The fourth-order valence-electron chi connectivity index (χ4n) is 1.71. The van der Waals surface area contributed by atoms with E-state index in [1.54, 1.807) is 0 Å². The molecule has 1 atom stereocenters. The summed E-state index contributed by atoms with van der Waals surface area (Å²) < 4.78 is 18.1. The molecule has 1 aromatic rings. The van der Waals surface area contributed by atoms with E-state index >= 15 is 0 Å². The van der Waals surface area contributed by atoms with Crippen molar-refractivity contribution in [1.82, 2.24) is 5.32 Å². The lowest BCUT2D eigenvalue weighted by atomic mass is 10.1. The maximum atomic E-state index is 13.1. The Hall–Kier alpha value is -2.15. The van der Waals surface area contributed by atoms with Gasteiger partial charge in [-0.1, -0.05) is 13.8 Å². The number of benzene rings is 1. The molecule has 3 N–H and O–H groups in total. The van der Waals surface area contributed by atoms with Crippen molar-refractivity contribution in [3.63, 3.8) is 0 Å². The van der Waals surface area contributed by atoms with Crippen LogP contribution in [0.15, 0.2) is 18.2 Å². The van der Waals surface area contributed by atoms with Gasteiger partial charge in [0.15, 0.2) is 0 Å². The van der Waals surface area contributed by atoms with E-state index in [0.717, 1.165) is 12.1 Å². The molecule has 0 radical (unpaired) electrons. The molecule has 1 unspecified atom stereocenters. The number of nitrogens with one attached hydrogen (secondary N) is 2. The molecule has 1 aromatic carbocycles. The van der Waals surface area contributed by atoms with Crippen LogP contribution in [0, 0.1) is 11.7 Å². The number of carboxylic acid groups (broad SMARTS) is 1. The normalized spacial score (nSPS) is 12.0. The number of anilines is 1. The average molecular weight is 298 g/mol. The Bertz CT molecular complexity index is 520. The molecule has 0 aliphatic heterocycles. The van der Waals surface area contributed by atoms with E-state index in [-0.39, 0.29) is 23.2 Å². The molecule has 21 heavy (non-hydrogen) atoms. The van der Waals surface area contributed by atoms with Crippen LogP contribution in [-0.4, -0.2) is 36.9 Å². The predicted molar refractivity (Wildman–Crippen MR) is 76.0 cm³/mol. The number of urea groups is 1. The van der Waals surface area contributed by atoms with E-state index in [1.165, 1.54) is 13.2 Å². The van der Waals surface area contributed by atoms with Gasteiger partial charge in [-0.3, -0.25) is 0 Å². The zero-order valence-electron chi connectivity index (χ0n) is 12.1. The molecular formula is C14H19FN2O4. The minimum absolute atomic E-state index is 0.0290. The zero-order chi connectivity index (χ0) is 16.0. The number of amides is 2. The molecular weight excluding hydrogens is 279 g/mol. The Balaban J connectivity index is 2.81. The third-order valence-electron chi connectivity index (χ3n) is 2.93. The van der Waals surface area contributed by atoms with Crippen LogP contribution in [0.3, 0.4) is 0 Å². The maximum Gasteiger partial charge on any atom is 0.337 e. The van der Waals surface area contributed by atoms with E-state index < -0.39 is 17.8 Å². The van der Waals surface area contributed by atoms with Crippen LogP contribution in [0.4, 0.5) is 14.9 Å². The molecule has 7 heteroatoms. The number of halogens is 1. The Kier molecular flexibility index (Phi) is 6.10. The quantitative estimate of drug-likeness (QED) is 0.752. The van der Waals surface area contributed by atoms with Crippen molar-refractivity contribution in [3.8, 4) is 0 Å². The van der Waals surface area contributed by atoms with Crippen molar-refractivity contribution >= 4 is 17.7 Å². The van der Waals surface area contributed by atoms with Crippen LogP contribution < -0.4 is 10.6 Å². The number of carbonyl (C=O) groups is 2. The molecule has 0 heterocycles. The first-order chi connectivity index (χ1) is 9.85. The van der Waals surface area contributed by atoms with E-state index in [9.17, 15) is 14.0 Å². The molecule has 0 bridgehead atoms. The Morgan fingerprint density at radius 3 is 2.57 bits per heavy atom. The topological polar surface area (TPSA) is 87.7 Å². The fraction of sp³-hybridized carbons (Fsp3) is 0.429. The molecule has 1 rings (SSSR count). The summed E-state index contributed by atoms with van der Waals surface area (Å²) in [7, 11) is 1.53. The molecule has 2 amide bonds. The molecule has 0 aliphatic carbocycles. The van der Waals surface area contributed by atoms with Gasteiger partial charge in [-0.25, -0.2) is 14.0 Å². The highest BCUT2D eigenvalue weighted by atomic mass is 19.1. The summed E-state index contributed by atoms with van der Waals surface area (Å²) >= 11 is 0. The van der Waals surface area contributed by atoms with E-state index in [0.29, 0.717) is 6.61 Å². The van der Waals surface area contributed by atoms with E-state index in [2.05, 4.69) is 10.6 Å². The highest BCUT2D eigenvalue weighted by Crippen LogP contribution is 2.17. The van der Waals surface area contributed by atoms with Gasteiger partial charge in [-0.15, -0.1) is 0 Å². The van der Waals surface area contributed by atoms with Crippen LogP contribution in [0.5, 0.6) is 0 Å². The first-order valence-corrected chi connectivity index (χ1v) is 6.44. The molecule has 116 valence electrons. The lowest BCUT2D eigenvalue weighted by Crippen LogP contribution is -2.43. The summed E-state index contributed by atoms with van der Waals surface area (Å²) in [6.07, 6.45) is 0. The predicted octanol–water partition coefficient (Wildman–Crippen LogP) is 2.32. The molecule has 6 nitrogen and oxygen atoms in total. The van der Waals surface area contributed by atoms with E-state index in [4.69, 9.17) is 9.84 Å². The van der Waals surface area contributed by atoms with Crippen LogP contribution in [0.2, 0.25) is 0 Å². The van der Waals surface area contributed by atoms with Gasteiger partial charge in [0.2, 0.25) is 0 Å². The third kappa shape index (κ3) is 5.03. The number of hydrogen-bond acceptors (Lipinski definition) is 3. The number of methoxy groups -OCH3 is 1. The van der Waals surface area contributed by atoms with Crippen molar-refractivity contribution in [2.75, 3.05) is 19.0 Å². The van der Waals surface area contributed by atoms with E-state index in [1.807, 2.05) is 13.8 Å². The van der Waals surface area contributed by atoms with Crippen molar-refractivity contribution in [2.24, 2.45) is 5.92 Å². The standard InChI is InChI=1S/C14H19FN2O4/c1-8(2)12(7-21-3)17-14(20)16-11-5-4-9(15)6-10(11)13(18)19/h4-6,8,12H,7H2,1-3H3,(H,18,19)(H2,16,17,20). The highest BCUT2D eigenvalue weighted by molar-refractivity contribution is 6.00. The summed E-state index contributed by atoms with van der Waals surface area (Å²) in [5.41, 5.74) is -0.278. The minimum atomic E-state index is -1.32. The van der Waals surface area contributed by atoms with Crippen molar-refractivity contribution < 1.29 is 23.8 Å². The summed E-state index contributed by atoms with van der Waals surface area (Å²) in [6, 6.07) is 2.35. The molecule has 0 spiro atoms. The first kappa shape index (κ1) is 16.9. The maximum absolute atomic E-state index is 13.1. The van der Waals surface area contributed by atoms with Gasteiger partial charge in [0, 0.05) is 7.11 Å². The smallest absolute Gasteiger partial charge is 0.337 e. The van der Waals surface area contributed by atoms with Gasteiger partial charge in [-0.05, 0) is 24.1 Å². The van der Waals surface area contributed by atoms with Crippen LogP contribution in [0.1, 0.15) is 24.2 Å². The molecule has 0 aromatic heterocycles. The van der Waals surface area contributed by atoms with Gasteiger partial charge in [-0.2, -0.15) is 0 Å². The summed E-state index contributed by atoms with van der Waals surface area (Å²) in [5.74, 6) is -1.86. The summed E-state index contributed by atoms with van der Waals surface area (Å²) in [6.45, 7) is 4.18. The van der Waals surface area contributed by atoms with Gasteiger partial charge in [0.25, 0.3) is 0 Å². The zero-order valence-corrected chi connectivity index (χ0v) is 12.1. The number of aromatic carboxylic acids is 1. The molecule has 0 saturated heterocycles. The fourth-order valence-corrected chi connectivity index (χ4v) is 1.71. The largest absolute Gasteiger partial charge is 0.478 e. The van der Waals surface area contributed by atoms with Crippen LogP contribution in [0.25, 0.3) is 0 Å². The molecule has 0 aliphatic rings. The second kappa shape index (κ2) is 7.58. The minimum Gasteiger partial charge on any atom is -0.478 e. The number of rotatable bonds is 6. The number of carboxylic acids is 1. The lowest BCUT2D eigenvalue weighted by Gasteiger charge is -2.22. The lowest BCUT2D eigenvalue weighted by molar-refractivity contribution is 0.0697. The van der Waals surface area contributed by atoms with Crippen molar-refractivity contribution in [1.29, 1.82) is 0 Å². The number of hydrogen-bond donors (Lipinski definition) is 3. The van der Waals surface area contributed by atoms with Gasteiger partial charge in [0.1, 0.15) is 5.82 Å². The third-order valence-corrected chi connectivity index (χ3v) is 2.93. The first-order valence-electron chi connectivity index (χ1n) is 6.44. The summed E-state index contributed by atoms with van der Waals surface area (Å²) in [4.78, 5) is 22.9. The second-order valence-corrected chi connectivity index (χ2v) is 4.90. The molecule has 0 saturated carbocycles. The van der Waals surface area contributed by atoms with Crippen molar-refractivity contribution in [3.05, 3.63) is 29.6 Å². The van der Waals surface area contributed by atoms with Crippen LogP contribution >= 0.6 is 0 Å². The van der Waals surface area contributed by atoms with Crippen molar-refractivity contribution in [2.45, 2.75) is 19.9 Å². The Morgan fingerprint density at radius 1 is 1.38 bits per heavy atom. The SMILES string of the molecule is COCC(NC(=O)Nc1ccc(F)cc1C(=O)O)C(C)C. The second-order valence-electron chi connectivity index (χ2n) is 4.90.